The fourth-order valence-corrected chi connectivity index (χ4v) is 2.85. The predicted octanol–water partition coefficient (Wildman–Crippen LogP) is 1.64. The van der Waals surface area contributed by atoms with Gasteiger partial charge in [0.15, 0.2) is 0 Å². The molecule has 2 fully saturated rings. The first-order valence-corrected chi connectivity index (χ1v) is 6.09. The zero-order chi connectivity index (χ0) is 11.0. The van der Waals surface area contributed by atoms with Gasteiger partial charge < -0.3 is 9.64 Å². The summed E-state index contributed by atoms with van der Waals surface area (Å²) in [4.78, 5) is 14.0. The third kappa shape index (κ3) is 2.13. The van der Waals surface area contributed by atoms with Crippen molar-refractivity contribution >= 4 is 17.5 Å². The molecule has 0 spiro atoms. The normalized spacial score (nSPS) is 41.1. The average Bonchev–Trinajstić information content (AvgIpc) is 2.71. The van der Waals surface area contributed by atoms with Crippen LogP contribution in [0.1, 0.15) is 26.7 Å². The minimum atomic E-state index is -0.227. The minimum absolute atomic E-state index is 0.112. The summed E-state index contributed by atoms with van der Waals surface area (Å²) in [5.41, 5.74) is 0. The van der Waals surface area contributed by atoms with Crippen LogP contribution in [-0.4, -0.2) is 41.5 Å². The third-order valence-corrected chi connectivity index (χ3v) is 3.75. The Bertz CT molecular complexity index is 259. The zero-order valence-electron chi connectivity index (χ0n) is 9.28. The summed E-state index contributed by atoms with van der Waals surface area (Å²) in [6.07, 6.45) is 1.66. The summed E-state index contributed by atoms with van der Waals surface area (Å²) in [6, 6.07) is 0.261. The molecule has 0 aliphatic carbocycles. The van der Waals surface area contributed by atoms with Gasteiger partial charge in [-0.25, -0.2) is 0 Å². The van der Waals surface area contributed by atoms with E-state index in [1.807, 2.05) is 4.90 Å². The predicted molar refractivity (Wildman–Crippen MR) is 59.0 cm³/mol. The average molecular weight is 232 g/mol. The fourth-order valence-electron chi connectivity index (χ4n) is 2.45. The van der Waals surface area contributed by atoms with E-state index in [1.54, 1.807) is 0 Å². The molecule has 0 N–H and O–H groups in total. The standard InChI is InChI=1S/C11H18ClNO2/c1-7-3-4-15-10(7)11(14)13-6-9(12)5-8(13)2/h7-10H,3-6H2,1-2H3. The monoisotopic (exact) mass is 231 g/mol. The molecule has 2 aliphatic rings. The van der Waals surface area contributed by atoms with E-state index in [9.17, 15) is 4.79 Å². The fraction of sp³-hybridized carbons (Fsp3) is 0.909. The van der Waals surface area contributed by atoms with Gasteiger partial charge >= 0.3 is 0 Å². The van der Waals surface area contributed by atoms with E-state index in [-0.39, 0.29) is 23.4 Å². The van der Waals surface area contributed by atoms with Gasteiger partial charge in [0.25, 0.3) is 5.91 Å². The van der Waals surface area contributed by atoms with Crippen molar-refractivity contribution in [2.24, 2.45) is 5.92 Å². The van der Waals surface area contributed by atoms with Gasteiger partial charge in [-0.1, -0.05) is 6.92 Å². The minimum Gasteiger partial charge on any atom is -0.368 e. The van der Waals surface area contributed by atoms with Crippen LogP contribution >= 0.6 is 11.6 Å². The van der Waals surface area contributed by atoms with Crippen LogP contribution in [0.3, 0.4) is 0 Å². The Labute approximate surface area is 95.7 Å². The largest absolute Gasteiger partial charge is 0.368 e. The van der Waals surface area contributed by atoms with Gasteiger partial charge in [-0.05, 0) is 25.7 Å². The lowest BCUT2D eigenvalue weighted by Crippen LogP contribution is -2.43. The molecule has 3 nitrogen and oxygen atoms in total. The maximum atomic E-state index is 12.2. The highest BCUT2D eigenvalue weighted by Gasteiger charge is 2.39. The van der Waals surface area contributed by atoms with Crippen molar-refractivity contribution in [1.82, 2.24) is 4.90 Å². The van der Waals surface area contributed by atoms with Crippen molar-refractivity contribution in [2.45, 2.75) is 44.2 Å². The second-order valence-corrected chi connectivity index (χ2v) is 5.35. The molecular weight excluding hydrogens is 214 g/mol. The Morgan fingerprint density at radius 1 is 1.47 bits per heavy atom. The van der Waals surface area contributed by atoms with Crippen molar-refractivity contribution in [1.29, 1.82) is 0 Å². The Morgan fingerprint density at radius 2 is 2.20 bits per heavy atom. The second kappa shape index (κ2) is 4.30. The van der Waals surface area contributed by atoms with E-state index in [0.717, 1.165) is 12.8 Å². The molecule has 2 heterocycles. The van der Waals surface area contributed by atoms with Crippen molar-refractivity contribution < 1.29 is 9.53 Å². The first-order chi connectivity index (χ1) is 7.09. The molecule has 15 heavy (non-hydrogen) atoms. The van der Waals surface area contributed by atoms with E-state index in [0.29, 0.717) is 19.1 Å². The molecule has 4 atom stereocenters. The number of hydrogen-bond donors (Lipinski definition) is 0. The number of likely N-dealkylation sites (tertiary alicyclic amines) is 1. The van der Waals surface area contributed by atoms with Gasteiger partial charge in [0.05, 0.1) is 5.38 Å². The number of amides is 1. The summed E-state index contributed by atoms with van der Waals surface area (Å²) in [6.45, 7) is 5.52. The summed E-state index contributed by atoms with van der Waals surface area (Å²) >= 11 is 6.05. The molecule has 4 heteroatoms. The van der Waals surface area contributed by atoms with Crippen LogP contribution in [0.5, 0.6) is 0 Å². The molecule has 4 unspecified atom stereocenters. The Hall–Kier alpha value is -0.280. The Morgan fingerprint density at radius 3 is 2.67 bits per heavy atom. The number of nitrogens with zero attached hydrogens (tertiary/aromatic N) is 1. The van der Waals surface area contributed by atoms with Gasteiger partial charge in [0.1, 0.15) is 6.10 Å². The van der Waals surface area contributed by atoms with Crippen LogP contribution in [0.25, 0.3) is 0 Å². The maximum Gasteiger partial charge on any atom is 0.252 e. The number of carbonyl (C=O) groups excluding carboxylic acids is 1. The van der Waals surface area contributed by atoms with Gasteiger partial charge in [-0.15, -0.1) is 11.6 Å². The van der Waals surface area contributed by atoms with Gasteiger partial charge in [-0.3, -0.25) is 4.79 Å². The lowest BCUT2D eigenvalue weighted by atomic mass is 10.0. The molecule has 0 radical (unpaired) electrons. The van der Waals surface area contributed by atoms with Crippen LogP contribution in [0, 0.1) is 5.92 Å². The maximum absolute atomic E-state index is 12.2. The van der Waals surface area contributed by atoms with Gasteiger partial charge in [0.2, 0.25) is 0 Å². The van der Waals surface area contributed by atoms with Gasteiger partial charge in [-0.2, -0.15) is 0 Å². The number of carbonyl (C=O) groups is 1. The smallest absolute Gasteiger partial charge is 0.252 e. The highest BCUT2D eigenvalue weighted by Crippen LogP contribution is 2.27. The molecular formula is C11H18ClNO2. The van der Waals surface area contributed by atoms with Crippen molar-refractivity contribution in [3.63, 3.8) is 0 Å². The second-order valence-electron chi connectivity index (χ2n) is 4.73. The number of halogens is 1. The quantitative estimate of drug-likeness (QED) is 0.643. The molecule has 2 saturated heterocycles. The first kappa shape index (κ1) is 11.2. The summed E-state index contributed by atoms with van der Waals surface area (Å²) in [7, 11) is 0. The molecule has 0 aromatic heterocycles. The molecule has 0 aromatic carbocycles. The van der Waals surface area contributed by atoms with E-state index in [2.05, 4.69) is 13.8 Å². The molecule has 1 amide bonds. The summed E-state index contributed by atoms with van der Waals surface area (Å²) in [5, 5.41) is 0.112. The topological polar surface area (TPSA) is 29.5 Å². The number of hydrogen-bond acceptors (Lipinski definition) is 2. The summed E-state index contributed by atoms with van der Waals surface area (Å²) < 4.78 is 5.49. The number of alkyl halides is 1. The van der Waals surface area contributed by atoms with E-state index < -0.39 is 0 Å². The molecule has 86 valence electrons. The van der Waals surface area contributed by atoms with Crippen LogP contribution in [-0.2, 0) is 9.53 Å². The van der Waals surface area contributed by atoms with Crippen LogP contribution in [0.15, 0.2) is 0 Å². The molecule has 2 rings (SSSR count). The highest BCUT2D eigenvalue weighted by molar-refractivity contribution is 6.21. The van der Waals surface area contributed by atoms with Crippen molar-refractivity contribution in [3.8, 4) is 0 Å². The van der Waals surface area contributed by atoms with E-state index in [1.165, 1.54) is 0 Å². The van der Waals surface area contributed by atoms with Crippen molar-refractivity contribution in [3.05, 3.63) is 0 Å². The number of rotatable bonds is 1. The van der Waals surface area contributed by atoms with Crippen LogP contribution in [0.4, 0.5) is 0 Å². The molecule has 0 aromatic rings. The highest BCUT2D eigenvalue weighted by atomic mass is 35.5. The van der Waals surface area contributed by atoms with Crippen LogP contribution in [0.2, 0.25) is 0 Å². The SMILES string of the molecule is CC1CCOC1C(=O)N1CC(Cl)CC1C. The van der Waals surface area contributed by atoms with Crippen LogP contribution < -0.4 is 0 Å². The zero-order valence-corrected chi connectivity index (χ0v) is 10.0. The summed E-state index contributed by atoms with van der Waals surface area (Å²) in [5.74, 6) is 0.481. The van der Waals surface area contributed by atoms with Gasteiger partial charge in [0, 0.05) is 19.2 Å². The lowest BCUT2D eigenvalue weighted by Gasteiger charge is -2.25. The lowest BCUT2D eigenvalue weighted by molar-refractivity contribution is -0.143. The number of ether oxygens (including phenoxy) is 1. The Kier molecular flexibility index (Phi) is 3.21. The first-order valence-electron chi connectivity index (χ1n) is 5.65. The van der Waals surface area contributed by atoms with E-state index in [4.69, 9.17) is 16.3 Å². The molecule has 0 bridgehead atoms. The van der Waals surface area contributed by atoms with Crippen molar-refractivity contribution in [2.75, 3.05) is 13.2 Å². The third-order valence-electron chi connectivity index (χ3n) is 3.44. The molecule has 0 saturated carbocycles. The van der Waals surface area contributed by atoms with E-state index >= 15 is 0 Å². The Balaban J connectivity index is 2.01. The molecule has 2 aliphatic heterocycles.